The van der Waals surface area contributed by atoms with Crippen molar-refractivity contribution in [1.29, 1.82) is 0 Å². The minimum absolute atomic E-state index is 0.0863. The SMILES string of the molecule is CN(CCOc1ccccc1Cl)C(=O)CCCN. The van der Waals surface area contributed by atoms with Gasteiger partial charge in [-0.25, -0.2) is 0 Å². The second kappa shape index (κ2) is 7.95. The van der Waals surface area contributed by atoms with Crippen LogP contribution in [0.2, 0.25) is 5.02 Å². The summed E-state index contributed by atoms with van der Waals surface area (Å²) in [6, 6.07) is 7.28. The summed E-state index contributed by atoms with van der Waals surface area (Å²) in [7, 11) is 1.76. The van der Waals surface area contributed by atoms with E-state index in [9.17, 15) is 4.79 Å². The molecule has 1 rings (SSSR count). The summed E-state index contributed by atoms with van der Waals surface area (Å²) in [5.74, 6) is 0.727. The van der Waals surface area contributed by atoms with E-state index in [1.165, 1.54) is 0 Å². The fourth-order valence-electron chi connectivity index (χ4n) is 1.42. The molecule has 18 heavy (non-hydrogen) atoms. The number of carbonyl (C=O) groups is 1. The number of ether oxygens (including phenoxy) is 1. The Hall–Kier alpha value is -1.26. The van der Waals surface area contributed by atoms with Gasteiger partial charge in [-0.05, 0) is 25.1 Å². The van der Waals surface area contributed by atoms with Crippen molar-refractivity contribution < 1.29 is 9.53 Å². The molecule has 0 bridgehead atoms. The number of rotatable bonds is 7. The monoisotopic (exact) mass is 270 g/mol. The molecule has 0 aliphatic carbocycles. The average Bonchev–Trinajstić information content (AvgIpc) is 2.38. The van der Waals surface area contributed by atoms with Crippen LogP contribution >= 0.6 is 11.6 Å². The molecule has 5 heteroatoms. The van der Waals surface area contributed by atoms with Gasteiger partial charge >= 0.3 is 0 Å². The number of nitrogens with two attached hydrogens (primary N) is 1. The number of hydrogen-bond acceptors (Lipinski definition) is 3. The van der Waals surface area contributed by atoms with Gasteiger partial charge in [0.05, 0.1) is 11.6 Å². The lowest BCUT2D eigenvalue weighted by atomic mass is 10.3. The smallest absolute Gasteiger partial charge is 0.222 e. The van der Waals surface area contributed by atoms with Crippen LogP contribution < -0.4 is 10.5 Å². The normalized spacial score (nSPS) is 10.2. The highest BCUT2D eigenvalue weighted by molar-refractivity contribution is 6.32. The van der Waals surface area contributed by atoms with Crippen molar-refractivity contribution in [1.82, 2.24) is 4.90 Å². The molecule has 2 N–H and O–H groups in total. The van der Waals surface area contributed by atoms with Crippen LogP contribution in [-0.4, -0.2) is 37.6 Å². The summed E-state index contributed by atoms with van der Waals surface area (Å²) in [5, 5.41) is 0.578. The van der Waals surface area contributed by atoms with Gasteiger partial charge in [0.2, 0.25) is 5.91 Å². The largest absolute Gasteiger partial charge is 0.490 e. The molecular weight excluding hydrogens is 252 g/mol. The van der Waals surface area contributed by atoms with E-state index in [4.69, 9.17) is 22.1 Å². The standard InChI is InChI=1S/C13H19ClN2O2/c1-16(13(17)7-4-8-15)9-10-18-12-6-3-2-5-11(12)14/h2-3,5-6H,4,7-10,15H2,1H3. The van der Waals surface area contributed by atoms with Gasteiger partial charge in [-0.1, -0.05) is 23.7 Å². The van der Waals surface area contributed by atoms with Crippen molar-refractivity contribution in [3.8, 4) is 5.75 Å². The minimum Gasteiger partial charge on any atom is -0.490 e. The van der Waals surface area contributed by atoms with Gasteiger partial charge in [-0.2, -0.15) is 0 Å². The minimum atomic E-state index is 0.0863. The molecule has 4 nitrogen and oxygen atoms in total. The topological polar surface area (TPSA) is 55.6 Å². The summed E-state index contributed by atoms with van der Waals surface area (Å²) in [6.07, 6.45) is 1.20. The van der Waals surface area contributed by atoms with Crippen LogP contribution in [0.1, 0.15) is 12.8 Å². The van der Waals surface area contributed by atoms with Gasteiger partial charge in [0, 0.05) is 13.5 Å². The third-order valence-corrected chi connectivity index (χ3v) is 2.85. The molecule has 0 aliphatic heterocycles. The van der Waals surface area contributed by atoms with E-state index in [2.05, 4.69) is 0 Å². The molecule has 0 saturated carbocycles. The zero-order valence-electron chi connectivity index (χ0n) is 10.6. The predicted octanol–water partition coefficient (Wildman–Crippen LogP) is 1.92. The second-order valence-corrected chi connectivity index (χ2v) is 4.39. The average molecular weight is 271 g/mol. The molecule has 1 aromatic rings. The van der Waals surface area contributed by atoms with Gasteiger partial charge in [0.1, 0.15) is 12.4 Å². The molecule has 1 amide bonds. The highest BCUT2D eigenvalue weighted by Gasteiger charge is 2.08. The Morgan fingerprint density at radius 2 is 2.17 bits per heavy atom. The first kappa shape index (κ1) is 14.8. The number of likely N-dealkylation sites (N-methyl/N-ethyl adjacent to an activating group) is 1. The summed E-state index contributed by atoms with van der Waals surface area (Å²) >= 11 is 5.95. The van der Waals surface area contributed by atoms with E-state index in [1.54, 1.807) is 24.1 Å². The lowest BCUT2D eigenvalue weighted by Crippen LogP contribution is -2.31. The zero-order chi connectivity index (χ0) is 13.4. The van der Waals surface area contributed by atoms with E-state index < -0.39 is 0 Å². The summed E-state index contributed by atoms with van der Waals surface area (Å²) in [5.41, 5.74) is 5.36. The number of carbonyl (C=O) groups excluding carboxylic acids is 1. The van der Waals surface area contributed by atoms with Crippen LogP contribution in [0.25, 0.3) is 0 Å². The Kier molecular flexibility index (Phi) is 6.54. The van der Waals surface area contributed by atoms with E-state index in [-0.39, 0.29) is 5.91 Å². The van der Waals surface area contributed by atoms with Crippen molar-refractivity contribution >= 4 is 17.5 Å². The van der Waals surface area contributed by atoms with E-state index in [0.29, 0.717) is 43.3 Å². The van der Waals surface area contributed by atoms with Crippen molar-refractivity contribution in [2.75, 3.05) is 26.7 Å². The van der Waals surface area contributed by atoms with Crippen LogP contribution in [0.5, 0.6) is 5.75 Å². The molecule has 0 unspecified atom stereocenters. The van der Waals surface area contributed by atoms with E-state index >= 15 is 0 Å². The van der Waals surface area contributed by atoms with Crippen LogP contribution in [-0.2, 0) is 4.79 Å². The van der Waals surface area contributed by atoms with E-state index in [1.807, 2.05) is 12.1 Å². The van der Waals surface area contributed by atoms with E-state index in [0.717, 1.165) is 0 Å². The predicted molar refractivity (Wildman–Crippen MR) is 72.9 cm³/mol. The van der Waals surface area contributed by atoms with Crippen LogP contribution in [0.15, 0.2) is 24.3 Å². The third kappa shape index (κ3) is 4.94. The number of halogens is 1. The highest BCUT2D eigenvalue weighted by atomic mass is 35.5. The van der Waals surface area contributed by atoms with Gasteiger partial charge < -0.3 is 15.4 Å². The van der Waals surface area contributed by atoms with Gasteiger partial charge in [-0.3, -0.25) is 4.79 Å². The van der Waals surface area contributed by atoms with Crippen LogP contribution in [0.3, 0.4) is 0 Å². The molecular formula is C13H19ClN2O2. The molecule has 0 atom stereocenters. The van der Waals surface area contributed by atoms with Crippen molar-refractivity contribution in [2.45, 2.75) is 12.8 Å². The quantitative estimate of drug-likeness (QED) is 0.824. The molecule has 1 aromatic carbocycles. The lowest BCUT2D eigenvalue weighted by Gasteiger charge is -2.17. The van der Waals surface area contributed by atoms with Crippen LogP contribution in [0.4, 0.5) is 0 Å². The van der Waals surface area contributed by atoms with Crippen LogP contribution in [0, 0.1) is 0 Å². The summed E-state index contributed by atoms with van der Waals surface area (Å²) in [6.45, 7) is 1.50. The summed E-state index contributed by atoms with van der Waals surface area (Å²) in [4.78, 5) is 13.2. The molecule has 0 fully saturated rings. The Balaban J connectivity index is 2.29. The zero-order valence-corrected chi connectivity index (χ0v) is 11.3. The molecule has 0 aromatic heterocycles. The molecule has 0 saturated heterocycles. The first-order chi connectivity index (χ1) is 8.65. The summed E-state index contributed by atoms with van der Waals surface area (Å²) < 4.78 is 5.51. The fraction of sp³-hybridized carbons (Fsp3) is 0.462. The Bertz CT molecular complexity index is 385. The van der Waals surface area contributed by atoms with Gasteiger partial charge in [0.25, 0.3) is 0 Å². The number of hydrogen-bond donors (Lipinski definition) is 1. The Morgan fingerprint density at radius 1 is 1.44 bits per heavy atom. The maximum Gasteiger partial charge on any atom is 0.222 e. The molecule has 100 valence electrons. The number of amides is 1. The molecule has 0 heterocycles. The van der Waals surface area contributed by atoms with Gasteiger partial charge in [0.15, 0.2) is 0 Å². The maximum absolute atomic E-state index is 11.6. The number of para-hydroxylation sites is 1. The number of nitrogens with zero attached hydrogens (tertiary/aromatic N) is 1. The van der Waals surface area contributed by atoms with Gasteiger partial charge in [-0.15, -0.1) is 0 Å². The van der Waals surface area contributed by atoms with Crippen molar-refractivity contribution in [3.05, 3.63) is 29.3 Å². The number of benzene rings is 1. The third-order valence-electron chi connectivity index (χ3n) is 2.54. The second-order valence-electron chi connectivity index (χ2n) is 3.99. The molecule has 0 aliphatic rings. The molecule has 0 radical (unpaired) electrons. The Morgan fingerprint density at radius 3 is 2.83 bits per heavy atom. The fourth-order valence-corrected chi connectivity index (χ4v) is 1.61. The Labute approximate surface area is 113 Å². The van der Waals surface area contributed by atoms with Crippen molar-refractivity contribution in [2.24, 2.45) is 5.73 Å². The maximum atomic E-state index is 11.6. The molecule has 0 spiro atoms. The highest BCUT2D eigenvalue weighted by Crippen LogP contribution is 2.22. The van der Waals surface area contributed by atoms with Crippen molar-refractivity contribution in [3.63, 3.8) is 0 Å². The first-order valence-electron chi connectivity index (χ1n) is 5.96. The lowest BCUT2D eigenvalue weighted by molar-refractivity contribution is -0.130. The first-order valence-corrected chi connectivity index (χ1v) is 6.34.